The van der Waals surface area contributed by atoms with Crippen LogP contribution in [0, 0.1) is 12.3 Å². The topological polar surface area (TPSA) is 26.3 Å². The van der Waals surface area contributed by atoms with Gasteiger partial charge in [0.05, 0.1) is 5.56 Å². The van der Waals surface area contributed by atoms with Crippen LogP contribution in [0.5, 0.6) is 0 Å². The molecule has 0 aliphatic carbocycles. The van der Waals surface area contributed by atoms with E-state index in [0.29, 0.717) is 15.7 Å². The zero-order valence-electron chi connectivity index (χ0n) is 6.79. The van der Waals surface area contributed by atoms with Crippen molar-refractivity contribution in [1.29, 1.82) is 0 Å². The van der Waals surface area contributed by atoms with Crippen molar-refractivity contribution in [1.82, 2.24) is 0 Å². The van der Waals surface area contributed by atoms with Crippen LogP contribution in [0.15, 0.2) is 24.3 Å². The van der Waals surface area contributed by atoms with Gasteiger partial charge in [0.2, 0.25) is 0 Å². The molecule has 3 heteroatoms. The zero-order valence-corrected chi connectivity index (χ0v) is 8.95. The van der Waals surface area contributed by atoms with E-state index in [2.05, 4.69) is 5.92 Å². The molecule has 1 aromatic carbocycles. The van der Waals surface area contributed by atoms with Gasteiger partial charge in [-0.05, 0) is 40.8 Å². The summed E-state index contributed by atoms with van der Waals surface area (Å²) in [5.74, 6) is 2.11. The smallest absolute Gasteiger partial charge is 0.338 e. The second kappa shape index (κ2) is 4.87. The number of alkyl halides is 1. The molecule has 0 atom stereocenters. The van der Waals surface area contributed by atoms with E-state index in [1.807, 2.05) is 22.6 Å². The van der Waals surface area contributed by atoms with Crippen molar-refractivity contribution in [3.63, 3.8) is 0 Å². The number of rotatable bonds is 2. The van der Waals surface area contributed by atoms with Crippen LogP contribution in [0.1, 0.15) is 15.9 Å². The third kappa shape index (κ3) is 2.74. The Kier molecular flexibility index (Phi) is 3.77. The Balaban J connectivity index is 2.90. The lowest BCUT2D eigenvalue weighted by molar-refractivity contribution is 0.0590. The maximum atomic E-state index is 11.2. The van der Waals surface area contributed by atoms with Gasteiger partial charge in [0, 0.05) is 5.56 Å². The molecule has 0 bridgehead atoms. The molecule has 0 saturated heterocycles. The molecule has 0 aliphatic rings. The number of carbonyl (C=O) groups is 1. The number of halogens is 1. The molecule has 0 aromatic heterocycles. The standard InChI is InChI=1S/C10H7IO2/c1-2-8-4-3-5-9(6-8)10(12)13-7-11/h1,3-6H,7H2. The highest BCUT2D eigenvalue weighted by atomic mass is 127. The van der Waals surface area contributed by atoms with Crippen molar-refractivity contribution in [3.05, 3.63) is 35.4 Å². The average molecular weight is 286 g/mol. The highest BCUT2D eigenvalue weighted by Crippen LogP contribution is 2.06. The molecule has 0 fully saturated rings. The lowest BCUT2D eigenvalue weighted by Gasteiger charge is -2.00. The molecule has 1 aromatic rings. The summed E-state index contributed by atoms with van der Waals surface area (Å²) in [5, 5.41) is 0. The third-order valence-corrected chi connectivity index (χ3v) is 1.76. The Bertz CT molecular complexity index is 352. The molecule has 0 saturated carbocycles. The third-order valence-electron chi connectivity index (χ3n) is 1.45. The molecular weight excluding hydrogens is 279 g/mol. The fourth-order valence-corrected chi connectivity index (χ4v) is 1.15. The molecule has 0 aliphatic heterocycles. The Morgan fingerprint density at radius 1 is 1.62 bits per heavy atom. The number of hydrogen-bond acceptors (Lipinski definition) is 2. The number of esters is 1. The predicted octanol–water partition coefficient (Wildman–Crippen LogP) is 2.22. The molecule has 66 valence electrons. The van der Waals surface area contributed by atoms with Crippen LogP contribution in [0.4, 0.5) is 0 Å². The van der Waals surface area contributed by atoms with Gasteiger partial charge in [-0.25, -0.2) is 4.79 Å². The van der Waals surface area contributed by atoms with Crippen molar-refractivity contribution < 1.29 is 9.53 Å². The lowest BCUT2D eigenvalue weighted by atomic mass is 10.1. The fourth-order valence-electron chi connectivity index (χ4n) is 0.869. The van der Waals surface area contributed by atoms with Crippen LogP contribution in [0.2, 0.25) is 0 Å². The van der Waals surface area contributed by atoms with Gasteiger partial charge in [-0.2, -0.15) is 0 Å². The van der Waals surface area contributed by atoms with E-state index in [9.17, 15) is 4.79 Å². The summed E-state index contributed by atoms with van der Waals surface area (Å²) in [6.07, 6.45) is 5.19. The summed E-state index contributed by atoms with van der Waals surface area (Å²) in [4.78, 5) is 11.2. The normalized spacial score (nSPS) is 8.92. The Morgan fingerprint density at radius 2 is 2.38 bits per heavy atom. The van der Waals surface area contributed by atoms with Crippen LogP contribution in [0.25, 0.3) is 0 Å². The average Bonchev–Trinajstić information content (AvgIpc) is 2.18. The fraction of sp³-hybridized carbons (Fsp3) is 0.100. The van der Waals surface area contributed by atoms with Gasteiger partial charge in [0.15, 0.2) is 0 Å². The number of carbonyl (C=O) groups excluding carboxylic acids is 1. The van der Waals surface area contributed by atoms with E-state index in [1.165, 1.54) is 0 Å². The highest BCUT2D eigenvalue weighted by Gasteiger charge is 2.05. The van der Waals surface area contributed by atoms with Gasteiger partial charge in [-0.3, -0.25) is 0 Å². The molecule has 0 N–H and O–H groups in total. The minimum absolute atomic E-state index is 0.341. The molecule has 1 rings (SSSR count). The first-order chi connectivity index (χ1) is 6.27. The second-order valence-corrected chi connectivity index (χ2v) is 2.89. The highest BCUT2D eigenvalue weighted by molar-refractivity contribution is 14.1. The first kappa shape index (κ1) is 10.1. The SMILES string of the molecule is C#Cc1cccc(C(=O)OCI)c1. The van der Waals surface area contributed by atoms with Gasteiger partial charge < -0.3 is 4.74 Å². The minimum atomic E-state index is -0.341. The lowest BCUT2D eigenvalue weighted by Crippen LogP contribution is -2.03. The number of hydrogen-bond donors (Lipinski definition) is 0. The summed E-state index contributed by atoms with van der Waals surface area (Å²) in [6, 6.07) is 6.81. The van der Waals surface area contributed by atoms with Gasteiger partial charge >= 0.3 is 5.97 Å². The molecule has 0 spiro atoms. The van der Waals surface area contributed by atoms with Crippen LogP contribution in [-0.4, -0.2) is 10.6 Å². The van der Waals surface area contributed by atoms with Crippen molar-refractivity contribution in [2.75, 3.05) is 4.61 Å². The number of benzene rings is 1. The second-order valence-electron chi connectivity index (χ2n) is 2.27. The van der Waals surface area contributed by atoms with Gasteiger partial charge in [-0.1, -0.05) is 12.0 Å². The monoisotopic (exact) mass is 286 g/mol. The Labute approximate surface area is 90.4 Å². The quantitative estimate of drug-likeness (QED) is 0.360. The van der Waals surface area contributed by atoms with Gasteiger partial charge in [-0.15, -0.1) is 6.42 Å². The largest absolute Gasteiger partial charge is 0.451 e. The van der Waals surface area contributed by atoms with Gasteiger partial charge in [0.25, 0.3) is 0 Å². The van der Waals surface area contributed by atoms with Gasteiger partial charge in [0.1, 0.15) is 4.61 Å². The number of ether oxygens (including phenoxy) is 1. The Morgan fingerprint density at radius 3 is 3.00 bits per heavy atom. The maximum absolute atomic E-state index is 11.2. The maximum Gasteiger partial charge on any atom is 0.338 e. The molecule has 13 heavy (non-hydrogen) atoms. The van der Waals surface area contributed by atoms with E-state index < -0.39 is 0 Å². The van der Waals surface area contributed by atoms with E-state index in [-0.39, 0.29) is 5.97 Å². The van der Waals surface area contributed by atoms with Crippen molar-refractivity contribution in [2.24, 2.45) is 0 Å². The summed E-state index contributed by atoms with van der Waals surface area (Å²) < 4.78 is 5.15. The van der Waals surface area contributed by atoms with Crippen LogP contribution < -0.4 is 0 Å². The predicted molar refractivity (Wildman–Crippen MR) is 58.7 cm³/mol. The van der Waals surface area contributed by atoms with E-state index in [1.54, 1.807) is 24.3 Å². The molecule has 2 nitrogen and oxygen atoms in total. The summed E-state index contributed by atoms with van der Waals surface area (Å²) in [6.45, 7) is 0. The first-order valence-electron chi connectivity index (χ1n) is 3.57. The van der Waals surface area contributed by atoms with Crippen molar-refractivity contribution >= 4 is 28.6 Å². The summed E-state index contributed by atoms with van der Waals surface area (Å²) in [5.41, 5.74) is 1.18. The zero-order chi connectivity index (χ0) is 9.68. The molecule has 0 radical (unpaired) electrons. The van der Waals surface area contributed by atoms with Crippen molar-refractivity contribution in [2.45, 2.75) is 0 Å². The molecule has 0 heterocycles. The van der Waals surface area contributed by atoms with E-state index >= 15 is 0 Å². The van der Waals surface area contributed by atoms with Crippen LogP contribution >= 0.6 is 22.6 Å². The van der Waals surface area contributed by atoms with E-state index in [4.69, 9.17) is 11.2 Å². The number of terminal acetylenes is 1. The minimum Gasteiger partial charge on any atom is -0.451 e. The summed E-state index contributed by atoms with van der Waals surface area (Å²) in [7, 11) is 0. The van der Waals surface area contributed by atoms with E-state index in [0.717, 1.165) is 0 Å². The van der Waals surface area contributed by atoms with Crippen LogP contribution in [0.3, 0.4) is 0 Å². The molecule has 0 amide bonds. The Hall–Kier alpha value is -1.02. The molecular formula is C10H7IO2. The van der Waals surface area contributed by atoms with Crippen LogP contribution in [-0.2, 0) is 4.74 Å². The summed E-state index contributed by atoms with van der Waals surface area (Å²) >= 11 is 1.96. The first-order valence-corrected chi connectivity index (χ1v) is 5.10. The molecule has 0 unspecified atom stereocenters. The van der Waals surface area contributed by atoms with Crippen molar-refractivity contribution in [3.8, 4) is 12.3 Å².